The minimum Gasteiger partial charge on any atom is -0.309 e. The Bertz CT molecular complexity index is 2580. The van der Waals surface area contributed by atoms with Crippen LogP contribution >= 0.6 is 0 Å². The second-order valence-electron chi connectivity index (χ2n) is 12.2. The van der Waals surface area contributed by atoms with Crippen molar-refractivity contribution in [2.24, 2.45) is 0 Å². The number of nitriles is 3. The molecule has 0 bridgehead atoms. The fourth-order valence-electron chi connectivity index (χ4n) is 7.55. The summed E-state index contributed by atoms with van der Waals surface area (Å²) in [5.74, 6) is 0. The summed E-state index contributed by atoms with van der Waals surface area (Å²) in [6, 6.07) is 64.7. The topological polar surface area (TPSA) is 76.3 Å². The number of nitrogens with zero attached hydrogens (tertiary/aromatic N) is 4. The number of para-hydroxylation sites is 1. The Balaban J connectivity index is 1.38. The molecule has 0 spiro atoms. The van der Waals surface area contributed by atoms with Gasteiger partial charge in [-0.15, -0.1) is 0 Å². The molecular formula is C45H28N4Si. The fourth-order valence-corrected chi connectivity index (χ4v) is 12.5. The van der Waals surface area contributed by atoms with Gasteiger partial charge in [0.05, 0.1) is 33.8 Å². The van der Waals surface area contributed by atoms with E-state index >= 15 is 0 Å². The van der Waals surface area contributed by atoms with Gasteiger partial charge in [0, 0.05) is 22.0 Å². The third-order valence-corrected chi connectivity index (χ3v) is 14.5. The third kappa shape index (κ3) is 4.72. The SMILES string of the molecule is N#Cc1ccc2c(c1)c1ccccc1n2-c1cccc(-c2ccc([Si](c3ccccc3)(c3ccccc3)c3ccccc3)c(C#N)c2C#N)c1. The molecule has 232 valence electrons. The summed E-state index contributed by atoms with van der Waals surface area (Å²) in [7, 11) is -3.06. The summed E-state index contributed by atoms with van der Waals surface area (Å²) in [6.45, 7) is 0. The van der Waals surface area contributed by atoms with Crippen molar-refractivity contribution in [3.05, 3.63) is 187 Å². The van der Waals surface area contributed by atoms with Gasteiger partial charge in [-0.2, -0.15) is 15.8 Å². The smallest absolute Gasteiger partial charge is 0.181 e. The number of hydrogen-bond donors (Lipinski definition) is 0. The van der Waals surface area contributed by atoms with Crippen molar-refractivity contribution < 1.29 is 0 Å². The Labute approximate surface area is 291 Å². The van der Waals surface area contributed by atoms with E-state index in [1.165, 1.54) is 0 Å². The van der Waals surface area contributed by atoms with Crippen molar-refractivity contribution in [2.75, 3.05) is 0 Å². The minimum absolute atomic E-state index is 0.364. The highest BCUT2D eigenvalue weighted by Crippen LogP contribution is 2.35. The molecule has 8 rings (SSSR count). The molecule has 7 aromatic carbocycles. The van der Waals surface area contributed by atoms with Gasteiger partial charge in [0.2, 0.25) is 0 Å². The third-order valence-electron chi connectivity index (χ3n) is 9.67. The standard InChI is InChI=1S/C45H28N4Si/c46-29-32-23-25-44-40(27-32)39-21-10-11-22-43(39)49(44)34-14-12-13-33(28-34)38-24-26-45(42(31-48)41(38)30-47)50(35-15-4-1-5-16-35,36-17-6-2-7-18-36)37-19-8-3-9-20-37/h1-28H. The molecule has 50 heavy (non-hydrogen) atoms. The maximum Gasteiger partial charge on any atom is 0.181 e. The van der Waals surface area contributed by atoms with Crippen LogP contribution in [0.2, 0.25) is 0 Å². The van der Waals surface area contributed by atoms with Gasteiger partial charge in [0.1, 0.15) is 12.1 Å². The Kier molecular flexibility index (Phi) is 7.63. The highest BCUT2D eigenvalue weighted by atomic mass is 28.3. The predicted octanol–water partition coefficient (Wildman–Crippen LogP) is 7.44. The molecule has 0 fully saturated rings. The van der Waals surface area contributed by atoms with Crippen LogP contribution in [-0.4, -0.2) is 12.6 Å². The fraction of sp³-hybridized carbons (Fsp3) is 0. The number of rotatable bonds is 6. The Morgan fingerprint density at radius 1 is 0.440 bits per heavy atom. The number of benzene rings is 7. The van der Waals surface area contributed by atoms with E-state index in [-0.39, 0.29) is 0 Å². The summed E-state index contributed by atoms with van der Waals surface area (Å²) in [5.41, 5.74) is 5.85. The van der Waals surface area contributed by atoms with Crippen LogP contribution in [0.5, 0.6) is 0 Å². The van der Waals surface area contributed by atoms with Crippen LogP contribution in [0.4, 0.5) is 0 Å². The highest BCUT2D eigenvalue weighted by molar-refractivity contribution is 7.20. The molecule has 1 heterocycles. The van der Waals surface area contributed by atoms with Gasteiger partial charge in [0.25, 0.3) is 0 Å². The lowest BCUT2D eigenvalue weighted by atomic mass is 9.96. The van der Waals surface area contributed by atoms with Crippen LogP contribution in [0.15, 0.2) is 170 Å². The number of hydrogen-bond acceptors (Lipinski definition) is 3. The van der Waals surface area contributed by atoms with Gasteiger partial charge in [-0.05, 0) is 62.7 Å². The monoisotopic (exact) mass is 652 g/mol. The molecule has 0 aliphatic carbocycles. The average molecular weight is 653 g/mol. The highest BCUT2D eigenvalue weighted by Gasteiger charge is 2.43. The quantitative estimate of drug-likeness (QED) is 0.138. The lowest BCUT2D eigenvalue weighted by Gasteiger charge is -2.35. The molecule has 0 aliphatic heterocycles. The normalized spacial score (nSPS) is 11.1. The molecule has 0 unspecified atom stereocenters. The van der Waals surface area contributed by atoms with Gasteiger partial charge in [-0.25, -0.2) is 0 Å². The Morgan fingerprint density at radius 2 is 1.02 bits per heavy atom. The zero-order valence-electron chi connectivity index (χ0n) is 27.0. The summed E-state index contributed by atoms with van der Waals surface area (Å²) in [6.07, 6.45) is 0. The van der Waals surface area contributed by atoms with Crippen molar-refractivity contribution in [1.82, 2.24) is 4.57 Å². The molecule has 0 aliphatic rings. The summed E-state index contributed by atoms with van der Waals surface area (Å²) in [4.78, 5) is 0. The average Bonchev–Trinajstić information content (AvgIpc) is 3.53. The first kappa shape index (κ1) is 30.4. The van der Waals surface area contributed by atoms with Gasteiger partial charge < -0.3 is 4.57 Å². The lowest BCUT2D eigenvalue weighted by molar-refractivity contribution is 1.18. The molecule has 8 aromatic rings. The predicted molar refractivity (Wildman–Crippen MR) is 204 cm³/mol. The van der Waals surface area contributed by atoms with E-state index < -0.39 is 8.07 Å². The van der Waals surface area contributed by atoms with E-state index in [9.17, 15) is 15.8 Å². The Hall–Kier alpha value is -6.97. The van der Waals surface area contributed by atoms with E-state index in [0.29, 0.717) is 22.3 Å². The van der Waals surface area contributed by atoms with Crippen LogP contribution in [0.3, 0.4) is 0 Å². The zero-order valence-corrected chi connectivity index (χ0v) is 28.0. The van der Waals surface area contributed by atoms with E-state index in [4.69, 9.17) is 0 Å². The van der Waals surface area contributed by atoms with Crippen molar-refractivity contribution in [2.45, 2.75) is 0 Å². The first-order chi connectivity index (χ1) is 24.7. The van der Waals surface area contributed by atoms with Crippen molar-refractivity contribution in [3.63, 3.8) is 0 Å². The van der Waals surface area contributed by atoms with E-state index in [0.717, 1.165) is 53.8 Å². The lowest BCUT2D eigenvalue weighted by Crippen LogP contribution is -2.75. The van der Waals surface area contributed by atoms with Crippen LogP contribution in [-0.2, 0) is 0 Å². The van der Waals surface area contributed by atoms with E-state index in [1.54, 1.807) is 0 Å². The van der Waals surface area contributed by atoms with Crippen LogP contribution < -0.4 is 20.7 Å². The van der Waals surface area contributed by atoms with Gasteiger partial charge >= 0.3 is 0 Å². The van der Waals surface area contributed by atoms with Gasteiger partial charge in [-0.1, -0.05) is 133 Å². The second-order valence-corrected chi connectivity index (χ2v) is 16.0. The van der Waals surface area contributed by atoms with Crippen LogP contribution in [0.25, 0.3) is 38.6 Å². The minimum atomic E-state index is -3.06. The van der Waals surface area contributed by atoms with Gasteiger partial charge in [0.15, 0.2) is 8.07 Å². The van der Waals surface area contributed by atoms with Crippen molar-refractivity contribution >= 4 is 50.6 Å². The molecule has 0 N–H and O–H groups in total. The molecule has 0 atom stereocenters. The second kappa shape index (κ2) is 12.6. The number of fused-ring (bicyclic) bond motifs is 3. The Morgan fingerprint density at radius 3 is 1.62 bits per heavy atom. The molecule has 0 amide bonds. The maximum absolute atomic E-state index is 11.0. The molecule has 0 saturated carbocycles. The van der Waals surface area contributed by atoms with Crippen molar-refractivity contribution in [1.29, 1.82) is 15.8 Å². The molecular weight excluding hydrogens is 625 g/mol. The van der Waals surface area contributed by atoms with Crippen LogP contribution in [0.1, 0.15) is 16.7 Å². The van der Waals surface area contributed by atoms with Gasteiger partial charge in [-0.3, -0.25) is 0 Å². The first-order valence-electron chi connectivity index (χ1n) is 16.4. The van der Waals surface area contributed by atoms with Crippen LogP contribution in [0, 0.1) is 34.0 Å². The molecule has 5 heteroatoms. The summed E-state index contributed by atoms with van der Waals surface area (Å²) < 4.78 is 2.19. The maximum atomic E-state index is 11.0. The summed E-state index contributed by atoms with van der Waals surface area (Å²) >= 11 is 0. The van der Waals surface area contributed by atoms with E-state index in [2.05, 4.69) is 126 Å². The zero-order chi connectivity index (χ0) is 34.1. The summed E-state index contributed by atoms with van der Waals surface area (Å²) in [5, 5.41) is 37.8. The first-order valence-corrected chi connectivity index (χ1v) is 18.4. The molecule has 0 saturated heterocycles. The van der Waals surface area contributed by atoms with Crippen molar-refractivity contribution in [3.8, 4) is 35.0 Å². The largest absolute Gasteiger partial charge is 0.309 e. The molecule has 0 radical (unpaired) electrons. The number of aromatic nitrogens is 1. The molecule has 4 nitrogen and oxygen atoms in total. The van der Waals surface area contributed by atoms with E-state index in [1.807, 2.05) is 66.7 Å². The molecule has 1 aromatic heterocycles.